The van der Waals surface area contributed by atoms with Crippen LogP contribution in [0, 0.1) is 19.8 Å². The Balaban J connectivity index is 2.89. The van der Waals surface area contributed by atoms with E-state index in [2.05, 4.69) is 5.10 Å². The van der Waals surface area contributed by atoms with Gasteiger partial charge in [-0.2, -0.15) is 5.10 Å². The molecule has 0 aliphatic carbocycles. The van der Waals surface area contributed by atoms with Gasteiger partial charge >= 0.3 is 0 Å². The number of aromatic nitrogens is 2. The lowest BCUT2D eigenvalue weighted by molar-refractivity contribution is 0.0776. The number of nitrogens with zero attached hydrogens (tertiary/aromatic N) is 3. The molecule has 17 heavy (non-hydrogen) atoms. The number of aryl methyl sites for hydroxylation is 2. The lowest BCUT2D eigenvalue weighted by atomic mass is 10.1. The molecule has 0 radical (unpaired) electrons. The van der Waals surface area contributed by atoms with Crippen molar-refractivity contribution in [3.8, 4) is 0 Å². The van der Waals surface area contributed by atoms with Gasteiger partial charge in [-0.15, -0.1) is 0 Å². The molecule has 5 nitrogen and oxygen atoms in total. The van der Waals surface area contributed by atoms with Gasteiger partial charge in [0.1, 0.15) is 0 Å². The van der Waals surface area contributed by atoms with Gasteiger partial charge in [-0.05, 0) is 26.3 Å². The molecule has 96 valence electrons. The number of carbonyl (C=O) groups is 1. The highest BCUT2D eigenvalue weighted by atomic mass is 16.2. The minimum Gasteiger partial charge on any atom is -0.341 e. The molecule has 0 aliphatic heterocycles. The molecule has 0 spiro atoms. The average Bonchev–Trinajstić information content (AvgIpc) is 2.52. The van der Waals surface area contributed by atoms with Crippen molar-refractivity contribution in [3.05, 3.63) is 17.0 Å². The van der Waals surface area contributed by atoms with E-state index in [0.717, 1.165) is 11.4 Å². The van der Waals surface area contributed by atoms with Gasteiger partial charge in [0.2, 0.25) is 0 Å². The van der Waals surface area contributed by atoms with Gasteiger partial charge < -0.3 is 10.6 Å². The Hall–Kier alpha value is -1.36. The van der Waals surface area contributed by atoms with Crippen molar-refractivity contribution < 1.29 is 4.79 Å². The first kappa shape index (κ1) is 13.7. The van der Waals surface area contributed by atoms with Crippen LogP contribution in [0.4, 0.5) is 0 Å². The van der Waals surface area contributed by atoms with Gasteiger partial charge in [0.15, 0.2) is 0 Å². The van der Waals surface area contributed by atoms with Crippen molar-refractivity contribution in [2.45, 2.75) is 20.8 Å². The minimum atomic E-state index is 0.0217. The van der Waals surface area contributed by atoms with Crippen molar-refractivity contribution in [3.63, 3.8) is 0 Å². The molecule has 1 aromatic rings. The quantitative estimate of drug-likeness (QED) is 0.840. The van der Waals surface area contributed by atoms with E-state index in [1.54, 1.807) is 16.6 Å². The molecule has 0 fully saturated rings. The maximum atomic E-state index is 12.3. The van der Waals surface area contributed by atoms with E-state index in [-0.39, 0.29) is 5.91 Å². The predicted octanol–water partition coefficient (Wildman–Crippen LogP) is 0.704. The largest absolute Gasteiger partial charge is 0.341 e. The number of nitrogens with two attached hydrogens (primary N) is 1. The lowest BCUT2D eigenvalue weighted by Crippen LogP contribution is -2.34. The van der Waals surface area contributed by atoms with Crippen LogP contribution >= 0.6 is 0 Å². The van der Waals surface area contributed by atoms with Crippen LogP contribution < -0.4 is 5.73 Å². The monoisotopic (exact) mass is 238 g/mol. The summed E-state index contributed by atoms with van der Waals surface area (Å²) in [5.41, 5.74) is 7.96. The Morgan fingerprint density at radius 2 is 2.12 bits per heavy atom. The van der Waals surface area contributed by atoms with E-state index in [9.17, 15) is 4.79 Å². The predicted molar refractivity (Wildman–Crippen MR) is 67.9 cm³/mol. The second kappa shape index (κ2) is 5.31. The summed E-state index contributed by atoms with van der Waals surface area (Å²) in [7, 11) is 3.65. The first-order chi connectivity index (χ1) is 7.88. The number of rotatable bonds is 4. The van der Waals surface area contributed by atoms with E-state index in [4.69, 9.17) is 5.73 Å². The van der Waals surface area contributed by atoms with Gasteiger partial charge in [0, 0.05) is 26.3 Å². The third-order valence-corrected chi connectivity index (χ3v) is 3.06. The van der Waals surface area contributed by atoms with Crippen LogP contribution in [0.1, 0.15) is 28.7 Å². The molecule has 1 atom stereocenters. The zero-order chi connectivity index (χ0) is 13.2. The normalized spacial score (nSPS) is 12.6. The third kappa shape index (κ3) is 2.85. The SMILES string of the molecule is Cc1nn(C)c(C)c1C(=O)N(C)CC(C)CN. The fourth-order valence-electron chi connectivity index (χ4n) is 1.90. The maximum Gasteiger partial charge on any atom is 0.257 e. The smallest absolute Gasteiger partial charge is 0.257 e. The summed E-state index contributed by atoms with van der Waals surface area (Å²) in [4.78, 5) is 14.0. The highest BCUT2D eigenvalue weighted by Crippen LogP contribution is 2.14. The van der Waals surface area contributed by atoms with Crippen molar-refractivity contribution in [2.24, 2.45) is 18.7 Å². The van der Waals surface area contributed by atoms with E-state index < -0.39 is 0 Å². The fraction of sp³-hybridized carbons (Fsp3) is 0.667. The lowest BCUT2D eigenvalue weighted by Gasteiger charge is -2.20. The molecule has 1 rings (SSSR count). The number of carbonyl (C=O) groups excluding carboxylic acids is 1. The van der Waals surface area contributed by atoms with Crippen LogP contribution in [0.5, 0.6) is 0 Å². The topological polar surface area (TPSA) is 64.2 Å². The minimum absolute atomic E-state index is 0.0217. The van der Waals surface area contributed by atoms with Gasteiger partial charge in [0.05, 0.1) is 11.3 Å². The van der Waals surface area contributed by atoms with Gasteiger partial charge in [-0.25, -0.2) is 0 Å². The van der Waals surface area contributed by atoms with Crippen molar-refractivity contribution in [1.29, 1.82) is 0 Å². The molecule has 0 saturated carbocycles. The van der Waals surface area contributed by atoms with Crippen LogP contribution in [-0.2, 0) is 7.05 Å². The van der Waals surface area contributed by atoms with Crippen LogP contribution in [0.2, 0.25) is 0 Å². The van der Waals surface area contributed by atoms with Crippen LogP contribution in [-0.4, -0.2) is 40.7 Å². The molecule has 0 bridgehead atoms. The van der Waals surface area contributed by atoms with Crippen molar-refractivity contribution >= 4 is 5.91 Å². The van der Waals surface area contributed by atoms with Gasteiger partial charge in [-0.3, -0.25) is 9.48 Å². The highest BCUT2D eigenvalue weighted by Gasteiger charge is 2.21. The Kier molecular flexibility index (Phi) is 4.28. The average molecular weight is 238 g/mol. The molecule has 0 aliphatic rings. The summed E-state index contributed by atoms with van der Waals surface area (Å²) in [6.07, 6.45) is 0. The molecule has 5 heteroatoms. The Morgan fingerprint density at radius 3 is 2.53 bits per heavy atom. The Bertz CT molecular complexity index is 411. The van der Waals surface area contributed by atoms with Crippen molar-refractivity contribution in [2.75, 3.05) is 20.1 Å². The summed E-state index contributed by atoms with van der Waals surface area (Å²) >= 11 is 0. The number of hydrogen-bond acceptors (Lipinski definition) is 3. The maximum absolute atomic E-state index is 12.3. The molecule has 0 saturated heterocycles. The molecule has 2 N–H and O–H groups in total. The summed E-state index contributed by atoms with van der Waals surface area (Å²) in [5.74, 6) is 0.328. The summed E-state index contributed by atoms with van der Waals surface area (Å²) in [6, 6.07) is 0. The summed E-state index contributed by atoms with van der Waals surface area (Å²) in [5, 5.41) is 4.26. The Morgan fingerprint density at radius 1 is 1.53 bits per heavy atom. The van der Waals surface area contributed by atoms with E-state index in [1.165, 1.54) is 0 Å². The molecule has 1 amide bonds. The van der Waals surface area contributed by atoms with E-state index in [0.29, 0.717) is 24.6 Å². The zero-order valence-electron chi connectivity index (χ0n) is 11.3. The van der Waals surface area contributed by atoms with Gasteiger partial charge in [0.25, 0.3) is 5.91 Å². The number of amides is 1. The van der Waals surface area contributed by atoms with Crippen LogP contribution in [0.3, 0.4) is 0 Å². The van der Waals surface area contributed by atoms with Crippen LogP contribution in [0.15, 0.2) is 0 Å². The van der Waals surface area contributed by atoms with Crippen LogP contribution in [0.25, 0.3) is 0 Å². The molecule has 1 unspecified atom stereocenters. The molecular formula is C12H22N4O. The third-order valence-electron chi connectivity index (χ3n) is 3.06. The highest BCUT2D eigenvalue weighted by molar-refractivity contribution is 5.96. The standard InChI is InChI=1S/C12H22N4O/c1-8(6-13)7-15(4)12(17)11-9(2)14-16(5)10(11)3/h8H,6-7,13H2,1-5H3. The fourth-order valence-corrected chi connectivity index (χ4v) is 1.90. The summed E-state index contributed by atoms with van der Waals surface area (Å²) in [6.45, 7) is 7.06. The second-order valence-electron chi connectivity index (χ2n) is 4.70. The molecule has 1 heterocycles. The second-order valence-corrected chi connectivity index (χ2v) is 4.70. The van der Waals surface area contributed by atoms with E-state index >= 15 is 0 Å². The summed E-state index contributed by atoms with van der Waals surface area (Å²) < 4.78 is 1.74. The zero-order valence-corrected chi connectivity index (χ0v) is 11.3. The number of hydrogen-bond donors (Lipinski definition) is 1. The van der Waals surface area contributed by atoms with Crippen molar-refractivity contribution in [1.82, 2.24) is 14.7 Å². The first-order valence-electron chi connectivity index (χ1n) is 5.84. The molecular weight excluding hydrogens is 216 g/mol. The van der Waals surface area contributed by atoms with Gasteiger partial charge in [-0.1, -0.05) is 6.92 Å². The molecule has 1 aromatic heterocycles. The van der Waals surface area contributed by atoms with E-state index in [1.807, 2.05) is 27.8 Å². The molecule has 0 aromatic carbocycles. The first-order valence-corrected chi connectivity index (χ1v) is 5.84. The Labute approximate surface area is 103 Å².